The molecule has 1 amide bonds. The lowest BCUT2D eigenvalue weighted by atomic mass is 10.5. The minimum Gasteiger partial charge on any atom is -0.468 e. The normalized spacial score (nSPS) is 10.5. The van der Waals surface area contributed by atoms with Crippen LogP contribution < -0.4 is 10.00 Å². The van der Waals surface area contributed by atoms with Crippen molar-refractivity contribution in [2.75, 3.05) is 11.1 Å². The Balaban J connectivity index is 1.71. The fourth-order valence-corrected chi connectivity index (χ4v) is 2.02. The van der Waals surface area contributed by atoms with Crippen LogP contribution >= 0.6 is 11.8 Å². The number of carbonyl (C=O) groups is 1. The molecule has 1 N–H and O–H groups in total. The van der Waals surface area contributed by atoms with Gasteiger partial charge in [-0.3, -0.25) is 14.6 Å². The number of amides is 1. The minimum absolute atomic E-state index is 0.119. The average Bonchev–Trinajstić information content (AvgIpc) is 3.00. The minimum atomic E-state index is -0.119. The van der Waals surface area contributed by atoms with Crippen molar-refractivity contribution in [1.82, 2.24) is 5.27 Å². The van der Waals surface area contributed by atoms with Crippen molar-refractivity contribution in [3.05, 3.63) is 30.4 Å². The summed E-state index contributed by atoms with van der Waals surface area (Å²) >= 11 is 1.48. The van der Waals surface area contributed by atoms with Crippen LogP contribution in [0.1, 0.15) is 12.7 Å². The molecule has 0 spiro atoms. The highest BCUT2D eigenvalue weighted by atomic mass is 32.2. The van der Waals surface area contributed by atoms with Crippen LogP contribution in [0.2, 0.25) is 0 Å². The summed E-state index contributed by atoms with van der Waals surface area (Å²) in [6.07, 6.45) is 3.27. The van der Waals surface area contributed by atoms with E-state index in [1.54, 1.807) is 17.1 Å². The summed E-state index contributed by atoms with van der Waals surface area (Å²) in [7, 11) is 0. The van der Waals surface area contributed by atoms with Crippen LogP contribution in [0.15, 0.2) is 33.5 Å². The molecule has 2 rings (SSSR count). The molecule has 0 aromatic carbocycles. The average molecular weight is 268 g/mol. The number of thioether (sulfide) groups is 1. The summed E-state index contributed by atoms with van der Waals surface area (Å²) in [4.78, 5) is 11.6. The molecule has 7 heteroatoms. The third kappa shape index (κ3) is 3.63. The SMILES string of the molecule is CC[n+]1cc(NC(=O)CSCc2ccco2)on1. The second kappa shape index (κ2) is 6.25. The van der Waals surface area contributed by atoms with E-state index in [1.807, 2.05) is 19.1 Å². The molecule has 0 saturated heterocycles. The van der Waals surface area contributed by atoms with Crippen molar-refractivity contribution in [3.8, 4) is 0 Å². The first-order chi connectivity index (χ1) is 8.78. The largest absolute Gasteiger partial charge is 0.468 e. The zero-order chi connectivity index (χ0) is 12.8. The Labute approximate surface area is 108 Å². The van der Waals surface area contributed by atoms with Crippen LogP contribution in [0.5, 0.6) is 0 Å². The number of nitrogens with one attached hydrogen (secondary N) is 1. The molecule has 18 heavy (non-hydrogen) atoms. The van der Waals surface area contributed by atoms with Gasteiger partial charge in [-0.25, -0.2) is 0 Å². The smallest absolute Gasteiger partial charge is 0.302 e. The van der Waals surface area contributed by atoms with Crippen LogP contribution in [-0.2, 0) is 17.1 Å². The van der Waals surface area contributed by atoms with Gasteiger partial charge in [0.15, 0.2) is 6.54 Å². The third-order valence-electron chi connectivity index (χ3n) is 2.15. The Morgan fingerprint density at radius 1 is 1.61 bits per heavy atom. The highest BCUT2D eigenvalue weighted by Gasteiger charge is 2.12. The summed E-state index contributed by atoms with van der Waals surface area (Å²) in [6.45, 7) is 2.64. The molecule has 0 radical (unpaired) electrons. The van der Waals surface area contributed by atoms with E-state index in [0.717, 1.165) is 5.76 Å². The van der Waals surface area contributed by atoms with E-state index in [9.17, 15) is 4.79 Å². The number of carbonyl (C=O) groups excluding carboxylic acids is 1. The molecular weight excluding hydrogens is 254 g/mol. The van der Waals surface area contributed by atoms with Crippen molar-refractivity contribution in [2.24, 2.45) is 0 Å². The maximum absolute atomic E-state index is 11.6. The zero-order valence-corrected chi connectivity index (χ0v) is 10.8. The lowest BCUT2D eigenvalue weighted by Gasteiger charge is -1.98. The molecule has 0 atom stereocenters. The molecule has 0 bridgehead atoms. The molecule has 0 aliphatic carbocycles. The Morgan fingerprint density at radius 2 is 2.50 bits per heavy atom. The molecule has 2 heterocycles. The Kier molecular flexibility index (Phi) is 4.40. The molecule has 0 aliphatic heterocycles. The van der Waals surface area contributed by atoms with E-state index in [2.05, 4.69) is 10.6 Å². The van der Waals surface area contributed by atoms with E-state index in [-0.39, 0.29) is 5.91 Å². The maximum Gasteiger partial charge on any atom is 0.302 e. The van der Waals surface area contributed by atoms with Crippen molar-refractivity contribution in [1.29, 1.82) is 0 Å². The monoisotopic (exact) mass is 268 g/mol. The number of aromatic nitrogens is 2. The van der Waals surface area contributed by atoms with Gasteiger partial charge in [-0.15, -0.1) is 11.8 Å². The lowest BCUT2D eigenvalue weighted by Crippen LogP contribution is -2.32. The number of nitrogens with zero attached hydrogens (tertiary/aromatic N) is 2. The summed E-state index contributed by atoms with van der Waals surface area (Å²) < 4.78 is 11.7. The molecule has 0 unspecified atom stereocenters. The quantitative estimate of drug-likeness (QED) is 0.803. The maximum atomic E-state index is 11.6. The standard InChI is InChI=1S/C11H13N3O3S/c1-2-14-6-11(17-13-14)12-10(15)8-18-7-9-4-3-5-16-9/h3-6H,2,7-8H2,1H3/p+1. The molecule has 6 nitrogen and oxygen atoms in total. The topological polar surface area (TPSA) is 72.2 Å². The zero-order valence-electron chi connectivity index (χ0n) is 9.96. The molecule has 0 fully saturated rings. The predicted molar refractivity (Wildman–Crippen MR) is 65.9 cm³/mol. The lowest BCUT2D eigenvalue weighted by molar-refractivity contribution is -0.759. The number of hydrogen-bond acceptors (Lipinski definition) is 5. The van der Waals surface area contributed by atoms with Crippen LogP contribution in [0, 0.1) is 0 Å². The molecular formula is C11H14N3O3S+. The third-order valence-corrected chi connectivity index (χ3v) is 3.11. The first kappa shape index (κ1) is 12.7. The number of furan rings is 1. The van der Waals surface area contributed by atoms with E-state index in [1.165, 1.54) is 11.8 Å². The number of rotatable bonds is 6. The van der Waals surface area contributed by atoms with Gasteiger partial charge in [-0.05, 0) is 19.1 Å². The molecule has 0 saturated carbocycles. The van der Waals surface area contributed by atoms with Crippen molar-refractivity contribution in [3.63, 3.8) is 0 Å². The molecule has 2 aromatic rings. The van der Waals surface area contributed by atoms with Crippen LogP contribution in [0.25, 0.3) is 0 Å². The van der Waals surface area contributed by atoms with Crippen LogP contribution in [0.4, 0.5) is 5.88 Å². The van der Waals surface area contributed by atoms with Crippen molar-refractivity contribution >= 4 is 23.6 Å². The second-order valence-electron chi connectivity index (χ2n) is 3.54. The fraction of sp³-hybridized carbons (Fsp3) is 0.364. The number of anilines is 1. The van der Waals surface area contributed by atoms with E-state index in [0.29, 0.717) is 23.9 Å². The molecule has 96 valence electrons. The van der Waals surface area contributed by atoms with Crippen LogP contribution in [0.3, 0.4) is 0 Å². The van der Waals surface area contributed by atoms with Gasteiger partial charge in [0.25, 0.3) is 6.20 Å². The van der Waals surface area contributed by atoms with Gasteiger partial charge in [-0.1, -0.05) is 4.68 Å². The Morgan fingerprint density at radius 3 is 3.17 bits per heavy atom. The molecule has 0 aliphatic rings. The van der Waals surface area contributed by atoms with Gasteiger partial charge in [0.1, 0.15) is 5.76 Å². The van der Waals surface area contributed by atoms with Gasteiger partial charge in [0, 0.05) is 0 Å². The highest BCUT2D eigenvalue weighted by Crippen LogP contribution is 2.12. The first-order valence-electron chi connectivity index (χ1n) is 5.54. The van der Waals surface area contributed by atoms with Gasteiger partial charge in [0.05, 0.1) is 17.8 Å². The highest BCUT2D eigenvalue weighted by molar-refractivity contribution is 7.99. The van der Waals surface area contributed by atoms with Gasteiger partial charge < -0.3 is 4.42 Å². The summed E-state index contributed by atoms with van der Waals surface area (Å²) in [5.41, 5.74) is 0. The number of hydrogen-bond donors (Lipinski definition) is 1. The van der Waals surface area contributed by atoms with E-state index in [4.69, 9.17) is 8.94 Å². The van der Waals surface area contributed by atoms with E-state index < -0.39 is 0 Å². The van der Waals surface area contributed by atoms with Gasteiger partial charge >= 0.3 is 5.88 Å². The fourth-order valence-electron chi connectivity index (χ4n) is 1.30. The number of aryl methyl sites for hydroxylation is 1. The molecule has 2 aromatic heterocycles. The van der Waals surface area contributed by atoms with Crippen molar-refractivity contribution < 1.29 is 18.4 Å². The summed E-state index contributed by atoms with van der Waals surface area (Å²) in [5, 5.41) is 6.35. The van der Waals surface area contributed by atoms with Gasteiger partial charge in [-0.2, -0.15) is 0 Å². The summed E-state index contributed by atoms with van der Waals surface area (Å²) in [5.74, 6) is 2.11. The van der Waals surface area contributed by atoms with Crippen LogP contribution in [-0.4, -0.2) is 16.9 Å². The first-order valence-corrected chi connectivity index (χ1v) is 6.70. The predicted octanol–water partition coefficient (Wildman–Crippen LogP) is 1.45. The van der Waals surface area contributed by atoms with Gasteiger partial charge in [0.2, 0.25) is 11.2 Å². The second-order valence-corrected chi connectivity index (χ2v) is 4.53. The Bertz CT molecular complexity index is 495. The summed E-state index contributed by atoms with van der Waals surface area (Å²) in [6, 6.07) is 3.71. The van der Waals surface area contributed by atoms with E-state index >= 15 is 0 Å². The van der Waals surface area contributed by atoms with Crippen molar-refractivity contribution in [2.45, 2.75) is 19.2 Å². The Hall–Kier alpha value is -1.76.